The van der Waals surface area contributed by atoms with E-state index >= 15 is 0 Å². The topological polar surface area (TPSA) is 47.6 Å². The van der Waals surface area contributed by atoms with E-state index in [1.54, 1.807) is 11.3 Å². The molecular weight excluding hydrogens is 318 g/mol. The lowest BCUT2D eigenvalue weighted by atomic mass is 10.3. The summed E-state index contributed by atoms with van der Waals surface area (Å²) in [5.74, 6) is 1.99. The molecule has 0 bridgehead atoms. The second kappa shape index (κ2) is 7.56. The summed E-state index contributed by atoms with van der Waals surface area (Å²) >= 11 is 3.22. The zero-order chi connectivity index (χ0) is 15.2. The Morgan fingerprint density at radius 3 is 2.91 bits per heavy atom. The van der Waals surface area contributed by atoms with Gasteiger partial charge in [0.2, 0.25) is 5.91 Å². The number of nitrogens with one attached hydrogen (secondary N) is 1. The van der Waals surface area contributed by atoms with Crippen LogP contribution in [0.25, 0.3) is 0 Å². The highest BCUT2D eigenvalue weighted by Crippen LogP contribution is 2.34. The molecule has 3 rings (SSSR count). The molecule has 0 saturated heterocycles. The molecule has 0 fully saturated rings. The molecule has 1 amide bonds. The van der Waals surface area contributed by atoms with Crippen LogP contribution in [0, 0.1) is 0 Å². The van der Waals surface area contributed by atoms with E-state index in [0.717, 1.165) is 22.8 Å². The van der Waals surface area contributed by atoms with Crippen LogP contribution in [0.15, 0.2) is 40.6 Å². The lowest BCUT2D eigenvalue weighted by Gasteiger charge is -2.18. The fraction of sp³-hybridized carbons (Fsp3) is 0.312. The molecule has 22 heavy (non-hydrogen) atoms. The molecule has 1 aliphatic heterocycles. The highest BCUT2D eigenvalue weighted by molar-refractivity contribution is 8.00. The van der Waals surface area contributed by atoms with Crippen molar-refractivity contribution in [2.75, 3.05) is 25.5 Å². The van der Waals surface area contributed by atoms with Gasteiger partial charge in [-0.3, -0.25) is 4.79 Å². The Morgan fingerprint density at radius 2 is 2.09 bits per heavy atom. The van der Waals surface area contributed by atoms with E-state index in [2.05, 4.69) is 16.8 Å². The monoisotopic (exact) mass is 335 g/mol. The lowest BCUT2D eigenvalue weighted by molar-refractivity contribution is -0.118. The summed E-state index contributed by atoms with van der Waals surface area (Å²) in [6, 6.07) is 9.89. The van der Waals surface area contributed by atoms with Crippen molar-refractivity contribution in [3.63, 3.8) is 0 Å². The summed E-state index contributed by atoms with van der Waals surface area (Å²) in [6.07, 6.45) is 0.887. The highest BCUT2D eigenvalue weighted by atomic mass is 32.2. The van der Waals surface area contributed by atoms with Crippen molar-refractivity contribution in [3.05, 3.63) is 40.6 Å². The van der Waals surface area contributed by atoms with Crippen LogP contribution in [0.2, 0.25) is 0 Å². The minimum atomic E-state index is 0.0523. The molecule has 0 saturated carbocycles. The molecule has 0 atom stereocenters. The van der Waals surface area contributed by atoms with Crippen molar-refractivity contribution >= 4 is 29.0 Å². The molecule has 0 unspecified atom stereocenters. The summed E-state index contributed by atoms with van der Waals surface area (Å²) in [6.45, 7) is 1.84. The highest BCUT2D eigenvalue weighted by Gasteiger charge is 2.12. The molecule has 0 spiro atoms. The van der Waals surface area contributed by atoms with Crippen molar-refractivity contribution < 1.29 is 14.3 Å². The van der Waals surface area contributed by atoms with Crippen LogP contribution >= 0.6 is 23.1 Å². The van der Waals surface area contributed by atoms with Gasteiger partial charge < -0.3 is 14.8 Å². The average molecular weight is 335 g/mol. The van der Waals surface area contributed by atoms with E-state index in [0.29, 0.717) is 25.5 Å². The van der Waals surface area contributed by atoms with Gasteiger partial charge in [-0.1, -0.05) is 6.07 Å². The van der Waals surface area contributed by atoms with Crippen molar-refractivity contribution in [3.8, 4) is 11.5 Å². The Morgan fingerprint density at radius 1 is 1.23 bits per heavy atom. The van der Waals surface area contributed by atoms with Crippen LogP contribution in [0.4, 0.5) is 0 Å². The van der Waals surface area contributed by atoms with E-state index in [4.69, 9.17) is 9.47 Å². The van der Waals surface area contributed by atoms with Crippen LogP contribution in [0.3, 0.4) is 0 Å². The molecule has 4 nitrogen and oxygen atoms in total. The van der Waals surface area contributed by atoms with Crippen molar-refractivity contribution in [1.29, 1.82) is 0 Å². The van der Waals surface area contributed by atoms with Gasteiger partial charge in [-0.15, -0.1) is 23.1 Å². The van der Waals surface area contributed by atoms with Crippen LogP contribution in [-0.4, -0.2) is 31.4 Å². The molecule has 6 heteroatoms. The van der Waals surface area contributed by atoms with Gasteiger partial charge in [-0.05, 0) is 36.1 Å². The number of ether oxygens (including phenoxy) is 2. The number of fused-ring (bicyclic) bond motifs is 1. The Bertz CT molecular complexity index is 628. The van der Waals surface area contributed by atoms with Gasteiger partial charge in [-0.2, -0.15) is 0 Å². The minimum absolute atomic E-state index is 0.0523. The fourth-order valence-corrected chi connectivity index (χ4v) is 3.56. The van der Waals surface area contributed by atoms with E-state index in [9.17, 15) is 4.79 Å². The van der Waals surface area contributed by atoms with E-state index in [-0.39, 0.29) is 5.91 Å². The second-order valence-electron chi connectivity index (χ2n) is 4.77. The maximum absolute atomic E-state index is 11.8. The van der Waals surface area contributed by atoms with Gasteiger partial charge in [0, 0.05) is 16.3 Å². The molecule has 1 aliphatic rings. The standard InChI is InChI=1S/C16H17NO3S2/c18-16(17-6-5-12-2-1-9-21-12)11-22-13-3-4-14-15(10-13)20-8-7-19-14/h1-4,9-10H,5-8,11H2,(H,17,18). The molecule has 0 aliphatic carbocycles. The summed E-state index contributed by atoms with van der Waals surface area (Å²) in [5.41, 5.74) is 0. The van der Waals surface area contributed by atoms with Crippen LogP contribution in [0.5, 0.6) is 11.5 Å². The number of amides is 1. The minimum Gasteiger partial charge on any atom is -0.486 e. The molecule has 0 radical (unpaired) electrons. The quantitative estimate of drug-likeness (QED) is 0.825. The number of rotatable bonds is 6. The predicted molar refractivity (Wildman–Crippen MR) is 89.2 cm³/mol. The van der Waals surface area contributed by atoms with Gasteiger partial charge in [0.05, 0.1) is 5.75 Å². The van der Waals surface area contributed by atoms with E-state index in [1.807, 2.05) is 24.3 Å². The third-order valence-electron chi connectivity index (χ3n) is 3.16. The number of carbonyl (C=O) groups is 1. The largest absolute Gasteiger partial charge is 0.486 e. The Labute approximate surface area is 137 Å². The van der Waals surface area contributed by atoms with E-state index in [1.165, 1.54) is 16.6 Å². The number of hydrogen-bond donors (Lipinski definition) is 1. The first-order valence-corrected chi connectivity index (χ1v) is 8.99. The zero-order valence-corrected chi connectivity index (χ0v) is 13.7. The molecule has 2 heterocycles. The van der Waals surface area contributed by atoms with E-state index < -0.39 is 0 Å². The molecule has 1 aromatic heterocycles. The average Bonchev–Trinajstić information content (AvgIpc) is 3.06. The number of hydrogen-bond acceptors (Lipinski definition) is 5. The number of thiophene rings is 1. The molecule has 2 aromatic rings. The Hall–Kier alpha value is -1.66. The summed E-state index contributed by atoms with van der Waals surface area (Å²) in [4.78, 5) is 14.2. The van der Waals surface area contributed by atoms with Gasteiger partial charge >= 0.3 is 0 Å². The third kappa shape index (κ3) is 4.18. The van der Waals surface area contributed by atoms with Gasteiger partial charge in [0.1, 0.15) is 13.2 Å². The molecule has 116 valence electrons. The normalized spacial score (nSPS) is 12.9. The first-order chi connectivity index (χ1) is 10.8. The van der Waals surface area contributed by atoms with Crippen LogP contribution in [0.1, 0.15) is 4.88 Å². The predicted octanol–water partition coefficient (Wildman–Crippen LogP) is 2.97. The van der Waals surface area contributed by atoms with Crippen LogP contribution < -0.4 is 14.8 Å². The number of benzene rings is 1. The second-order valence-corrected chi connectivity index (χ2v) is 6.85. The van der Waals surface area contributed by atoms with Gasteiger partial charge in [0.15, 0.2) is 11.5 Å². The number of thioether (sulfide) groups is 1. The van der Waals surface area contributed by atoms with Crippen LogP contribution in [-0.2, 0) is 11.2 Å². The Kier molecular flexibility index (Phi) is 5.24. The van der Waals surface area contributed by atoms with Crippen molar-refractivity contribution in [2.24, 2.45) is 0 Å². The molecular formula is C16H17NO3S2. The fourth-order valence-electron chi connectivity index (χ4n) is 2.09. The number of carbonyl (C=O) groups excluding carboxylic acids is 1. The molecule has 1 N–H and O–H groups in total. The first kappa shape index (κ1) is 15.2. The van der Waals surface area contributed by atoms with Gasteiger partial charge in [-0.25, -0.2) is 0 Å². The van der Waals surface area contributed by atoms with Crippen molar-refractivity contribution in [2.45, 2.75) is 11.3 Å². The SMILES string of the molecule is O=C(CSc1ccc2c(c1)OCCO2)NCCc1cccs1. The maximum Gasteiger partial charge on any atom is 0.230 e. The Balaban J connectivity index is 1.42. The maximum atomic E-state index is 11.8. The zero-order valence-electron chi connectivity index (χ0n) is 12.0. The summed E-state index contributed by atoms with van der Waals surface area (Å²) in [5, 5.41) is 4.99. The first-order valence-electron chi connectivity index (χ1n) is 7.13. The summed E-state index contributed by atoms with van der Waals surface area (Å²) < 4.78 is 11.0. The lowest BCUT2D eigenvalue weighted by Crippen LogP contribution is -2.27. The van der Waals surface area contributed by atoms with Gasteiger partial charge in [0.25, 0.3) is 0 Å². The smallest absolute Gasteiger partial charge is 0.230 e. The molecule has 1 aromatic carbocycles. The summed E-state index contributed by atoms with van der Waals surface area (Å²) in [7, 11) is 0. The third-order valence-corrected chi connectivity index (χ3v) is 5.09. The van der Waals surface area contributed by atoms with Crippen molar-refractivity contribution in [1.82, 2.24) is 5.32 Å².